The highest BCUT2D eigenvalue weighted by Crippen LogP contribution is 2.22. The molecule has 5 heteroatoms. The molecule has 0 fully saturated rings. The Balaban J connectivity index is 4.61. The summed E-state index contributed by atoms with van der Waals surface area (Å²) in [6.45, 7) is 5.13. The summed E-state index contributed by atoms with van der Waals surface area (Å²) in [7, 11) is 0. The molecule has 0 rings (SSSR count). The second-order valence-electron chi connectivity index (χ2n) is 3.31. The highest BCUT2D eigenvalue weighted by Gasteiger charge is 2.29. The number of aliphatic carboxylic acids is 1. The van der Waals surface area contributed by atoms with Crippen LogP contribution in [-0.2, 0) is 4.79 Å². The van der Waals surface area contributed by atoms with Gasteiger partial charge in [0.15, 0.2) is 0 Å². The summed E-state index contributed by atoms with van der Waals surface area (Å²) in [5.74, 6) is -1.09. The quantitative estimate of drug-likeness (QED) is 0.376. The first-order valence-corrected chi connectivity index (χ1v) is 3.16. The van der Waals surface area contributed by atoms with E-state index in [2.05, 4.69) is 10.0 Å². The topological polar surface area (TPSA) is 86.1 Å². The summed E-state index contributed by atoms with van der Waals surface area (Å²) in [4.78, 5) is 12.9. The van der Waals surface area contributed by atoms with Gasteiger partial charge in [-0.2, -0.15) is 0 Å². The molecule has 0 saturated carbocycles. The molecular weight excluding hydrogens is 146 g/mol. The van der Waals surface area contributed by atoms with Crippen molar-refractivity contribution in [2.24, 2.45) is 10.5 Å². The van der Waals surface area contributed by atoms with Crippen LogP contribution < -0.4 is 0 Å². The third kappa shape index (κ3) is 2.91. The van der Waals surface area contributed by atoms with Gasteiger partial charge < -0.3 is 5.11 Å². The number of hydrogen-bond donors (Lipinski definition) is 1. The molecular formula is C6H11N3O2. The average molecular weight is 157 g/mol. The second kappa shape index (κ2) is 3.25. The van der Waals surface area contributed by atoms with E-state index in [-0.39, 0.29) is 0 Å². The van der Waals surface area contributed by atoms with Crippen LogP contribution in [0.1, 0.15) is 20.8 Å². The molecule has 0 amide bonds. The van der Waals surface area contributed by atoms with Crippen LogP contribution in [0.5, 0.6) is 0 Å². The fourth-order valence-corrected chi connectivity index (χ4v) is 0.645. The Labute approximate surface area is 64.7 Å². The summed E-state index contributed by atoms with van der Waals surface area (Å²) in [5, 5.41) is 11.8. The van der Waals surface area contributed by atoms with Gasteiger partial charge in [0, 0.05) is 4.91 Å². The van der Waals surface area contributed by atoms with Crippen LogP contribution in [-0.4, -0.2) is 17.1 Å². The third-order valence-electron chi connectivity index (χ3n) is 1.22. The Morgan fingerprint density at radius 3 is 2.18 bits per heavy atom. The molecule has 0 aromatic heterocycles. The number of azide groups is 1. The number of carbonyl (C=O) groups is 1. The van der Waals surface area contributed by atoms with Gasteiger partial charge in [-0.05, 0) is 10.9 Å². The molecule has 0 aliphatic heterocycles. The summed E-state index contributed by atoms with van der Waals surface area (Å²) < 4.78 is 0. The smallest absolute Gasteiger partial charge is 0.312 e. The van der Waals surface area contributed by atoms with Gasteiger partial charge in [-0.25, -0.2) is 0 Å². The molecule has 11 heavy (non-hydrogen) atoms. The van der Waals surface area contributed by atoms with Crippen LogP contribution in [0.4, 0.5) is 0 Å². The van der Waals surface area contributed by atoms with Crippen molar-refractivity contribution in [2.45, 2.75) is 26.8 Å². The Bertz CT molecular complexity index is 198. The Morgan fingerprint density at radius 2 is 2.09 bits per heavy atom. The summed E-state index contributed by atoms with van der Waals surface area (Å²) in [5.41, 5.74) is 7.51. The average Bonchev–Trinajstić information content (AvgIpc) is 1.79. The lowest BCUT2D eigenvalue weighted by Crippen LogP contribution is -2.31. The molecule has 1 N–H and O–H groups in total. The van der Waals surface area contributed by atoms with E-state index < -0.39 is 17.4 Å². The molecule has 1 unspecified atom stereocenters. The molecule has 0 radical (unpaired) electrons. The molecule has 0 saturated heterocycles. The Hall–Kier alpha value is -1.22. The standard InChI is InChI=1S/C6H11N3O2/c1-6(2,3)4(5(10)11)8-9-7/h4H,1-3H3,(H,10,11). The lowest BCUT2D eigenvalue weighted by atomic mass is 9.87. The van der Waals surface area contributed by atoms with Gasteiger partial charge >= 0.3 is 5.97 Å². The summed E-state index contributed by atoms with van der Waals surface area (Å²) >= 11 is 0. The molecule has 0 aromatic carbocycles. The lowest BCUT2D eigenvalue weighted by Gasteiger charge is -2.22. The maximum atomic E-state index is 10.5. The van der Waals surface area contributed by atoms with Crippen LogP contribution in [0.25, 0.3) is 10.4 Å². The fourth-order valence-electron chi connectivity index (χ4n) is 0.645. The van der Waals surface area contributed by atoms with Crippen molar-refractivity contribution in [3.8, 4) is 0 Å². The van der Waals surface area contributed by atoms with E-state index in [1.54, 1.807) is 20.8 Å². The van der Waals surface area contributed by atoms with Crippen molar-refractivity contribution >= 4 is 5.97 Å². The summed E-state index contributed by atoms with van der Waals surface area (Å²) in [6, 6.07) is -0.993. The third-order valence-corrected chi connectivity index (χ3v) is 1.22. The van der Waals surface area contributed by atoms with Crippen molar-refractivity contribution in [1.29, 1.82) is 0 Å². The zero-order chi connectivity index (χ0) is 9.07. The van der Waals surface area contributed by atoms with Gasteiger partial charge in [0.1, 0.15) is 6.04 Å². The number of nitrogens with zero attached hydrogens (tertiary/aromatic N) is 3. The first kappa shape index (κ1) is 9.78. The van der Waals surface area contributed by atoms with Crippen molar-refractivity contribution in [1.82, 2.24) is 0 Å². The monoisotopic (exact) mass is 157 g/mol. The Kier molecular flexibility index (Phi) is 2.89. The Morgan fingerprint density at radius 1 is 1.64 bits per heavy atom. The van der Waals surface area contributed by atoms with Gasteiger partial charge in [-0.15, -0.1) is 0 Å². The van der Waals surface area contributed by atoms with E-state index in [9.17, 15) is 4.79 Å². The number of carboxylic acids is 1. The zero-order valence-electron chi connectivity index (χ0n) is 6.77. The first-order valence-electron chi connectivity index (χ1n) is 3.16. The zero-order valence-corrected chi connectivity index (χ0v) is 6.77. The number of rotatable bonds is 2. The van der Waals surface area contributed by atoms with Crippen molar-refractivity contribution < 1.29 is 9.90 Å². The molecule has 1 atom stereocenters. The van der Waals surface area contributed by atoms with Crippen LogP contribution in [0.3, 0.4) is 0 Å². The van der Waals surface area contributed by atoms with Gasteiger partial charge in [0.05, 0.1) is 0 Å². The molecule has 0 aromatic rings. The summed E-state index contributed by atoms with van der Waals surface area (Å²) in [6.07, 6.45) is 0. The van der Waals surface area contributed by atoms with Crippen LogP contribution >= 0.6 is 0 Å². The second-order valence-corrected chi connectivity index (χ2v) is 3.31. The molecule has 0 bridgehead atoms. The van der Waals surface area contributed by atoms with Crippen molar-refractivity contribution in [3.05, 3.63) is 10.4 Å². The molecule has 0 spiro atoms. The van der Waals surface area contributed by atoms with E-state index >= 15 is 0 Å². The maximum Gasteiger partial charge on any atom is 0.312 e. The minimum Gasteiger partial charge on any atom is -0.481 e. The van der Waals surface area contributed by atoms with Crippen molar-refractivity contribution in [2.75, 3.05) is 0 Å². The molecule has 5 nitrogen and oxygen atoms in total. The first-order chi connectivity index (χ1) is 4.89. The van der Waals surface area contributed by atoms with Gasteiger partial charge in [0.25, 0.3) is 0 Å². The van der Waals surface area contributed by atoms with Crippen molar-refractivity contribution in [3.63, 3.8) is 0 Å². The van der Waals surface area contributed by atoms with E-state index in [0.29, 0.717) is 0 Å². The highest BCUT2D eigenvalue weighted by molar-refractivity contribution is 5.74. The molecule has 0 aliphatic rings. The number of hydrogen-bond acceptors (Lipinski definition) is 2. The van der Waals surface area contributed by atoms with E-state index in [1.807, 2.05) is 0 Å². The SMILES string of the molecule is CC(C)(C)C(N=[N+]=[N-])C(=O)O. The normalized spacial score (nSPS) is 13.4. The van der Waals surface area contributed by atoms with Gasteiger partial charge in [-0.1, -0.05) is 25.9 Å². The highest BCUT2D eigenvalue weighted by atomic mass is 16.4. The van der Waals surface area contributed by atoms with E-state index in [4.69, 9.17) is 10.6 Å². The molecule has 62 valence electrons. The van der Waals surface area contributed by atoms with E-state index in [1.165, 1.54) is 0 Å². The van der Waals surface area contributed by atoms with Crippen LogP contribution in [0.15, 0.2) is 5.11 Å². The number of carboxylic acid groups (broad SMARTS) is 1. The molecule has 0 heterocycles. The van der Waals surface area contributed by atoms with Gasteiger partial charge in [0.2, 0.25) is 0 Å². The fraction of sp³-hybridized carbons (Fsp3) is 0.833. The van der Waals surface area contributed by atoms with Crippen LogP contribution in [0.2, 0.25) is 0 Å². The van der Waals surface area contributed by atoms with Gasteiger partial charge in [-0.3, -0.25) is 4.79 Å². The maximum absolute atomic E-state index is 10.5. The lowest BCUT2D eigenvalue weighted by molar-refractivity contribution is -0.140. The van der Waals surface area contributed by atoms with E-state index in [0.717, 1.165) is 0 Å². The predicted octanol–water partition coefficient (Wildman–Crippen LogP) is 1.80. The molecule has 0 aliphatic carbocycles. The largest absolute Gasteiger partial charge is 0.481 e. The minimum absolute atomic E-state index is 0.530. The van der Waals surface area contributed by atoms with Crippen LogP contribution in [0, 0.1) is 5.41 Å². The minimum atomic E-state index is -1.09. The predicted molar refractivity (Wildman–Crippen MR) is 40.0 cm³/mol.